The van der Waals surface area contributed by atoms with Crippen molar-refractivity contribution in [1.82, 2.24) is 5.32 Å². The minimum absolute atomic E-state index is 0.0267. The Morgan fingerprint density at radius 2 is 2.29 bits per heavy atom. The third-order valence-corrected chi connectivity index (χ3v) is 2.46. The van der Waals surface area contributed by atoms with E-state index >= 15 is 0 Å². The molecule has 0 unspecified atom stereocenters. The Labute approximate surface area is 82.7 Å². The molecule has 4 nitrogen and oxygen atoms in total. The van der Waals surface area contributed by atoms with E-state index in [4.69, 9.17) is 0 Å². The molecule has 1 aromatic rings. The third kappa shape index (κ3) is 3.35. The van der Waals surface area contributed by atoms with Gasteiger partial charge in [0, 0.05) is 17.5 Å². The maximum absolute atomic E-state index is 11.7. The van der Waals surface area contributed by atoms with Crippen LogP contribution >= 0.6 is 11.3 Å². The summed E-state index contributed by atoms with van der Waals surface area (Å²) in [6.45, 7) is -0.158. The largest absolute Gasteiger partial charge is 0.324 e. The first-order valence-electron chi connectivity index (χ1n) is 3.81. The topological polar surface area (TPSA) is 55.2 Å². The van der Waals surface area contributed by atoms with Crippen molar-refractivity contribution < 1.29 is 13.7 Å². The second-order valence-electron chi connectivity index (χ2n) is 2.52. The fourth-order valence-corrected chi connectivity index (χ4v) is 1.65. The van der Waals surface area contributed by atoms with E-state index in [-0.39, 0.29) is 11.5 Å². The molecule has 1 heterocycles. The van der Waals surface area contributed by atoms with Crippen LogP contribution in [-0.4, -0.2) is 17.9 Å². The molecular formula is C7H8F2N2O2S. The van der Waals surface area contributed by atoms with Crippen molar-refractivity contribution in [3.8, 4) is 0 Å². The molecule has 1 aromatic heterocycles. The Bertz CT molecular complexity index is 316. The Morgan fingerprint density at radius 3 is 2.79 bits per heavy atom. The lowest BCUT2D eigenvalue weighted by Gasteiger charge is -1.99. The lowest BCUT2D eigenvalue weighted by Crippen LogP contribution is -2.19. The zero-order valence-electron chi connectivity index (χ0n) is 7.07. The normalized spacial score (nSPS) is 10.8. The van der Waals surface area contributed by atoms with E-state index in [1.807, 2.05) is 0 Å². The van der Waals surface area contributed by atoms with Gasteiger partial charge in [0.2, 0.25) is 0 Å². The Morgan fingerprint density at radius 1 is 1.57 bits per heavy atom. The summed E-state index contributed by atoms with van der Waals surface area (Å²) in [6.07, 6.45) is -2.40. The molecule has 0 spiro atoms. The average molecular weight is 222 g/mol. The molecule has 0 amide bonds. The molecule has 0 bridgehead atoms. The molecule has 7 heteroatoms. The summed E-state index contributed by atoms with van der Waals surface area (Å²) in [5, 5.41) is 12.8. The monoisotopic (exact) mass is 222 g/mol. The summed E-state index contributed by atoms with van der Waals surface area (Å²) in [5.41, 5.74) is 0. The van der Waals surface area contributed by atoms with Gasteiger partial charge in [0.1, 0.15) is 0 Å². The summed E-state index contributed by atoms with van der Waals surface area (Å²) < 4.78 is 23.4. The van der Waals surface area contributed by atoms with Gasteiger partial charge in [-0.3, -0.25) is 10.1 Å². The van der Waals surface area contributed by atoms with Gasteiger partial charge in [-0.05, 0) is 6.07 Å². The standard InChI is InChI=1S/C7H8F2N2O2S/c8-6(9)4-10-3-5-1-2-7(14-5)11(12)13/h1-2,6,10H,3-4H2. The van der Waals surface area contributed by atoms with Crippen LogP contribution in [0.15, 0.2) is 12.1 Å². The molecule has 0 radical (unpaired) electrons. The first-order valence-corrected chi connectivity index (χ1v) is 4.63. The minimum Gasteiger partial charge on any atom is -0.306 e. The van der Waals surface area contributed by atoms with Gasteiger partial charge in [0.15, 0.2) is 0 Å². The van der Waals surface area contributed by atoms with Gasteiger partial charge in [-0.25, -0.2) is 8.78 Å². The van der Waals surface area contributed by atoms with Crippen LogP contribution in [0.25, 0.3) is 0 Å². The molecule has 1 rings (SSSR count). The molecule has 78 valence electrons. The molecule has 0 atom stereocenters. The van der Waals surface area contributed by atoms with Crippen LogP contribution in [0.1, 0.15) is 4.88 Å². The van der Waals surface area contributed by atoms with Crippen molar-refractivity contribution in [1.29, 1.82) is 0 Å². The molecule has 14 heavy (non-hydrogen) atoms. The van der Waals surface area contributed by atoms with Crippen LogP contribution in [0.2, 0.25) is 0 Å². The summed E-state index contributed by atoms with van der Waals surface area (Å²) in [6, 6.07) is 2.92. The van der Waals surface area contributed by atoms with Gasteiger partial charge in [0.25, 0.3) is 6.43 Å². The predicted molar refractivity (Wildman–Crippen MR) is 48.7 cm³/mol. The minimum atomic E-state index is -2.40. The lowest BCUT2D eigenvalue weighted by molar-refractivity contribution is -0.380. The van der Waals surface area contributed by atoms with Crippen molar-refractivity contribution in [2.75, 3.05) is 6.54 Å². The second kappa shape index (κ2) is 4.97. The van der Waals surface area contributed by atoms with E-state index in [1.54, 1.807) is 6.07 Å². The molecule has 0 aliphatic heterocycles. The zero-order chi connectivity index (χ0) is 10.6. The molecule has 0 saturated carbocycles. The number of rotatable bonds is 5. The highest BCUT2D eigenvalue weighted by atomic mass is 32.1. The Kier molecular flexibility index (Phi) is 3.90. The van der Waals surface area contributed by atoms with Crippen molar-refractivity contribution in [3.05, 3.63) is 27.1 Å². The zero-order valence-corrected chi connectivity index (χ0v) is 7.89. The second-order valence-corrected chi connectivity index (χ2v) is 3.67. The van der Waals surface area contributed by atoms with E-state index in [0.717, 1.165) is 11.3 Å². The fourth-order valence-electron chi connectivity index (χ4n) is 0.864. The van der Waals surface area contributed by atoms with Crippen molar-refractivity contribution in [2.45, 2.75) is 13.0 Å². The number of thiophene rings is 1. The predicted octanol–water partition coefficient (Wildman–Crippen LogP) is 2.01. The van der Waals surface area contributed by atoms with Gasteiger partial charge >= 0.3 is 5.00 Å². The van der Waals surface area contributed by atoms with E-state index < -0.39 is 17.9 Å². The summed E-state index contributed by atoms with van der Waals surface area (Å²) >= 11 is 0.986. The van der Waals surface area contributed by atoms with Gasteiger partial charge < -0.3 is 5.32 Å². The van der Waals surface area contributed by atoms with Crippen molar-refractivity contribution in [3.63, 3.8) is 0 Å². The highest BCUT2D eigenvalue weighted by Gasteiger charge is 2.09. The number of nitrogens with zero attached hydrogens (tertiary/aromatic N) is 1. The van der Waals surface area contributed by atoms with Crippen LogP contribution in [0, 0.1) is 10.1 Å². The lowest BCUT2D eigenvalue weighted by atomic mass is 10.4. The van der Waals surface area contributed by atoms with E-state index in [0.29, 0.717) is 4.88 Å². The highest BCUT2D eigenvalue weighted by molar-refractivity contribution is 7.15. The first-order chi connectivity index (χ1) is 6.59. The SMILES string of the molecule is O=[N+]([O-])c1ccc(CNCC(F)F)s1. The number of halogens is 2. The quantitative estimate of drug-likeness (QED) is 0.612. The Balaban J connectivity index is 2.40. The molecule has 0 saturated heterocycles. The average Bonchev–Trinajstić information content (AvgIpc) is 2.52. The van der Waals surface area contributed by atoms with Gasteiger partial charge in [-0.1, -0.05) is 11.3 Å². The summed E-state index contributed by atoms with van der Waals surface area (Å²) in [7, 11) is 0. The van der Waals surface area contributed by atoms with E-state index in [1.165, 1.54) is 6.07 Å². The smallest absolute Gasteiger partial charge is 0.306 e. The van der Waals surface area contributed by atoms with Gasteiger partial charge in [0.05, 0.1) is 11.5 Å². The molecule has 1 N–H and O–H groups in total. The van der Waals surface area contributed by atoms with Gasteiger partial charge in [-0.15, -0.1) is 0 Å². The molecule has 0 aliphatic carbocycles. The first kappa shape index (κ1) is 11.0. The van der Waals surface area contributed by atoms with Gasteiger partial charge in [-0.2, -0.15) is 0 Å². The highest BCUT2D eigenvalue weighted by Crippen LogP contribution is 2.23. The maximum Gasteiger partial charge on any atom is 0.324 e. The molecule has 0 aliphatic rings. The van der Waals surface area contributed by atoms with E-state index in [9.17, 15) is 18.9 Å². The summed E-state index contributed by atoms with van der Waals surface area (Å²) in [5.74, 6) is 0. The van der Waals surface area contributed by atoms with Crippen LogP contribution in [0.4, 0.5) is 13.8 Å². The Hall–Kier alpha value is -1.08. The fraction of sp³-hybridized carbons (Fsp3) is 0.429. The van der Waals surface area contributed by atoms with Crippen LogP contribution in [0.3, 0.4) is 0 Å². The number of hydrogen-bond donors (Lipinski definition) is 1. The number of nitrogens with one attached hydrogen (secondary N) is 1. The molecular weight excluding hydrogens is 214 g/mol. The van der Waals surface area contributed by atoms with Crippen molar-refractivity contribution >= 4 is 16.3 Å². The number of alkyl halides is 2. The van der Waals surface area contributed by atoms with E-state index in [2.05, 4.69) is 5.32 Å². The number of hydrogen-bond acceptors (Lipinski definition) is 4. The molecule has 0 fully saturated rings. The van der Waals surface area contributed by atoms with Crippen molar-refractivity contribution in [2.24, 2.45) is 0 Å². The van der Waals surface area contributed by atoms with Crippen LogP contribution in [-0.2, 0) is 6.54 Å². The third-order valence-electron chi connectivity index (χ3n) is 1.43. The molecule has 0 aromatic carbocycles. The van der Waals surface area contributed by atoms with Crippen LogP contribution in [0.5, 0.6) is 0 Å². The summed E-state index contributed by atoms with van der Waals surface area (Å²) in [4.78, 5) is 10.5. The number of nitro groups is 1. The maximum atomic E-state index is 11.7. The van der Waals surface area contributed by atoms with Crippen LogP contribution < -0.4 is 5.32 Å².